The fourth-order valence-corrected chi connectivity index (χ4v) is 5.07. The van der Waals surface area contributed by atoms with Crippen LogP contribution in [0.3, 0.4) is 0 Å². The Labute approximate surface area is 175 Å². The lowest BCUT2D eigenvalue weighted by atomic mass is 10.0. The predicted octanol–water partition coefficient (Wildman–Crippen LogP) is 3.61. The van der Waals surface area contributed by atoms with Gasteiger partial charge >= 0.3 is 0 Å². The van der Waals surface area contributed by atoms with Crippen molar-refractivity contribution in [2.24, 2.45) is 0 Å². The van der Waals surface area contributed by atoms with Gasteiger partial charge in [-0.15, -0.1) is 0 Å². The molecule has 2 aromatic rings. The van der Waals surface area contributed by atoms with Crippen molar-refractivity contribution in [3.05, 3.63) is 52.8 Å². The van der Waals surface area contributed by atoms with Gasteiger partial charge in [0.25, 0.3) is 0 Å². The van der Waals surface area contributed by atoms with Crippen molar-refractivity contribution < 1.29 is 22.3 Å². The van der Waals surface area contributed by atoms with Gasteiger partial charge in [0.15, 0.2) is 0 Å². The molecule has 2 aromatic carbocycles. The molecule has 1 unspecified atom stereocenters. The Hall–Kier alpha value is -1.87. The van der Waals surface area contributed by atoms with Gasteiger partial charge in [0.05, 0.1) is 20.3 Å². The van der Waals surface area contributed by atoms with Gasteiger partial charge in [0.2, 0.25) is 10.0 Å². The summed E-state index contributed by atoms with van der Waals surface area (Å²) in [4.78, 5) is 2.01. The van der Waals surface area contributed by atoms with Crippen LogP contribution in [0.2, 0.25) is 5.02 Å². The number of hydrogen-bond acceptors (Lipinski definition) is 5. The zero-order chi connectivity index (χ0) is 21.0. The zero-order valence-electron chi connectivity index (χ0n) is 16.3. The summed E-state index contributed by atoms with van der Waals surface area (Å²) < 4.78 is 53.5. The molecule has 158 valence electrons. The van der Waals surface area contributed by atoms with Crippen molar-refractivity contribution in [2.75, 3.05) is 33.9 Å². The minimum absolute atomic E-state index is 0.0245. The van der Waals surface area contributed by atoms with Crippen molar-refractivity contribution in [3.8, 4) is 11.5 Å². The van der Waals surface area contributed by atoms with Crippen molar-refractivity contribution in [1.82, 2.24) is 9.62 Å². The van der Waals surface area contributed by atoms with E-state index >= 15 is 0 Å². The second-order valence-corrected chi connectivity index (χ2v) is 8.91. The van der Waals surface area contributed by atoms with Gasteiger partial charge in [-0.05, 0) is 50.2 Å². The standard InChI is InChI=1S/C20H24ClFN2O4S/c1-27-14-8-9-18(28-2)19(12-14)29(25,26)23-13-17(24-10-3-4-11-24)20-15(21)6-5-7-16(20)22/h5-9,12,17,23H,3-4,10-11,13H2,1-2H3. The summed E-state index contributed by atoms with van der Waals surface area (Å²) in [5.74, 6) is 0.131. The fraction of sp³-hybridized carbons (Fsp3) is 0.400. The average molecular weight is 443 g/mol. The van der Waals surface area contributed by atoms with E-state index in [1.165, 1.54) is 38.5 Å². The highest BCUT2D eigenvalue weighted by Crippen LogP contribution is 2.33. The Morgan fingerprint density at radius 3 is 2.52 bits per heavy atom. The number of rotatable bonds is 8. The number of likely N-dealkylation sites (tertiary alicyclic amines) is 1. The maximum absolute atomic E-state index is 14.6. The normalized spacial score (nSPS) is 16.0. The van der Waals surface area contributed by atoms with E-state index in [1.54, 1.807) is 12.1 Å². The van der Waals surface area contributed by atoms with Crippen LogP contribution in [0.1, 0.15) is 24.4 Å². The largest absolute Gasteiger partial charge is 0.497 e. The highest BCUT2D eigenvalue weighted by molar-refractivity contribution is 7.89. The fourth-order valence-electron chi connectivity index (χ4n) is 3.56. The quantitative estimate of drug-likeness (QED) is 0.676. The summed E-state index contributed by atoms with van der Waals surface area (Å²) in [5.41, 5.74) is 0.302. The van der Waals surface area contributed by atoms with Crippen molar-refractivity contribution >= 4 is 21.6 Å². The highest BCUT2D eigenvalue weighted by atomic mass is 35.5. The molecular formula is C20H24ClFN2O4S. The van der Waals surface area contributed by atoms with Crippen molar-refractivity contribution in [2.45, 2.75) is 23.8 Å². The first-order valence-corrected chi connectivity index (χ1v) is 11.1. The molecule has 0 radical (unpaired) electrons. The second-order valence-electron chi connectivity index (χ2n) is 6.76. The molecule has 1 atom stereocenters. The molecule has 29 heavy (non-hydrogen) atoms. The van der Waals surface area contributed by atoms with Crippen LogP contribution in [0.4, 0.5) is 4.39 Å². The number of nitrogens with one attached hydrogen (secondary N) is 1. The summed E-state index contributed by atoms with van der Waals surface area (Å²) in [5, 5.41) is 0.278. The maximum Gasteiger partial charge on any atom is 0.244 e. The number of hydrogen-bond donors (Lipinski definition) is 1. The van der Waals surface area contributed by atoms with E-state index in [9.17, 15) is 12.8 Å². The number of nitrogens with zero attached hydrogens (tertiary/aromatic N) is 1. The number of benzene rings is 2. The third kappa shape index (κ3) is 4.83. The summed E-state index contributed by atoms with van der Waals surface area (Å²) >= 11 is 6.28. The molecule has 1 fully saturated rings. The molecule has 1 aliphatic heterocycles. The Morgan fingerprint density at radius 2 is 1.90 bits per heavy atom. The topological polar surface area (TPSA) is 67.9 Å². The van der Waals surface area contributed by atoms with Gasteiger partial charge in [0.1, 0.15) is 22.2 Å². The maximum atomic E-state index is 14.6. The van der Waals surface area contributed by atoms with Gasteiger partial charge in [0, 0.05) is 23.2 Å². The van der Waals surface area contributed by atoms with Gasteiger partial charge in [-0.2, -0.15) is 0 Å². The van der Waals surface area contributed by atoms with Gasteiger partial charge in [-0.1, -0.05) is 17.7 Å². The number of sulfonamides is 1. The van der Waals surface area contributed by atoms with E-state index in [2.05, 4.69) is 9.62 Å². The lowest BCUT2D eigenvalue weighted by Gasteiger charge is -2.29. The molecule has 1 saturated heterocycles. The monoisotopic (exact) mass is 442 g/mol. The molecule has 0 aromatic heterocycles. The molecule has 1 N–H and O–H groups in total. The van der Waals surface area contributed by atoms with E-state index in [-0.39, 0.29) is 22.2 Å². The van der Waals surface area contributed by atoms with Gasteiger partial charge < -0.3 is 9.47 Å². The van der Waals surface area contributed by atoms with Crippen LogP contribution in [0.25, 0.3) is 0 Å². The third-order valence-corrected chi connectivity index (χ3v) is 6.82. The highest BCUT2D eigenvalue weighted by Gasteiger charge is 2.30. The lowest BCUT2D eigenvalue weighted by Crippen LogP contribution is -2.37. The van der Waals surface area contributed by atoms with Crippen LogP contribution in [0.15, 0.2) is 41.3 Å². The van der Waals surface area contributed by atoms with E-state index in [0.29, 0.717) is 11.3 Å². The lowest BCUT2D eigenvalue weighted by molar-refractivity contribution is 0.241. The molecule has 0 bridgehead atoms. The summed E-state index contributed by atoms with van der Waals surface area (Å²) in [6.07, 6.45) is 1.94. The van der Waals surface area contributed by atoms with Crippen LogP contribution < -0.4 is 14.2 Å². The van der Waals surface area contributed by atoms with Crippen LogP contribution in [-0.4, -0.2) is 47.2 Å². The first kappa shape index (κ1) is 21.8. The van der Waals surface area contributed by atoms with E-state index in [1.807, 2.05) is 0 Å². The third-order valence-electron chi connectivity index (χ3n) is 5.04. The van der Waals surface area contributed by atoms with Crippen LogP contribution in [0, 0.1) is 5.82 Å². The molecule has 0 amide bonds. The van der Waals surface area contributed by atoms with Crippen molar-refractivity contribution in [3.63, 3.8) is 0 Å². The number of halogens is 2. The molecular weight excluding hydrogens is 419 g/mol. The average Bonchev–Trinajstić information content (AvgIpc) is 3.24. The number of ether oxygens (including phenoxy) is 2. The van der Waals surface area contributed by atoms with E-state index in [0.717, 1.165) is 25.9 Å². The predicted molar refractivity (Wildman–Crippen MR) is 110 cm³/mol. The van der Waals surface area contributed by atoms with Crippen LogP contribution in [0.5, 0.6) is 11.5 Å². The molecule has 1 aliphatic rings. The minimum Gasteiger partial charge on any atom is -0.497 e. The Bertz CT molecular complexity index is 945. The SMILES string of the molecule is COc1ccc(OC)c(S(=O)(=O)NCC(c2c(F)cccc2Cl)N2CCCC2)c1. The Morgan fingerprint density at radius 1 is 1.17 bits per heavy atom. The first-order chi connectivity index (χ1) is 13.9. The summed E-state index contributed by atoms with van der Waals surface area (Å²) in [6.45, 7) is 1.47. The van der Waals surface area contributed by atoms with E-state index in [4.69, 9.17) is 21.1 Å². The molecule has 1 heterocycles. The van der Waals surface area contributed by atoms with Crippen molar-refractivity contribution in [1.29, 1.82) is 0 Å². The molecule has 0 aliphatic carbocycles. The first-order valence-electron chi connectivity index (χ1n) is 9.27. The van der Waals surface area contributed by atoms with Gasteiger partial charge in [-0.25, -0.2) is 17.5 Å². The van der Waals surface area contributed by atoms with Gasteiger partial charge in [-0.3, -0.25) is 4.90 Å². The molecule has 9 heteroatoms. The molecule has 0 saturated carbocycles. The molecule has 6 nitrogen and oxygen atoms in total. The minimum atomic E-state index is -3.94. The molecule has 3 rings (SSSR count). The smallest absolute Gasteiger partial charge is 0.244 e. The van der Waals surface area contributed by atoms with Crippen LogP contribution >= 0.6 is 11.6 Å². The summed E-state index contributed by atoms with van der Waals surface area (Å²) in [7, 11) is -1.09. The second kappa shape index (κ2) is 9.30. The molecule has 0 spiro atoms. The summed E-state index contributed by atoms with van der Waals surface area (Å²) in [6, 6.07) is 8.50. The van der Waals surface area contributed by atoms with E-state index < -0.39 is 21.9 Å². The Kier molecular flexibility index (Phi) is 7.00. The van der Waals surface area contributed by atoms with Crippen LogP contribution in [-0.2, 0) is 10.0 Å². The Balaban J connectivity index is 1.91. The zero-order valence-corrected chi connectivity index (χ0v) is 17.9. The number of methoxy groups -OCH3 is 2.